The van der Waals surface area contributed by atoms with Crippen LogP contribution in [-0.2, 0) is 20.8 Å². The highest BCUT2D eigenvalue weighted by Gasteiger charge is 2.43. The molecule has 9 nitrogen and oxygen atoms in total. The van der Waals surface area contributed by atoms with Crippen LogP contribution in [0.25, 0.3) is 0 Å². The van der Waals surface area contributed by atoms with Crippen molar-refractivity contribution in [2.75, 3.05) is 43.1 Å². The zero-order valence-electron chi connectivity index (χ0n) is 27.1. The molecule has 12 heteroatoms. The summed E-state index contributed by atoms with van der Waals surface area (Å²) in [5.41, 5.74) is 1.91. The van der Waals surface area contributed by atoms with E-state index in [0.29, 0.717) is 25.3 Å². The minimum Gasteiger partial charge on any atom is -0.444 e. The van der Waals surface area contributed by atoms with Gasteiger partial charge in [-0.05, 0) is 75.4 Å². The monoisotopic (exact) mass is 635 g/mol. The van der Waals surface area contributed by atoms with Crippen molar-refractivity contribution in [1.29, 1.82) is 0 Å². The molecule has 0 unspecified atom stereocenters. The highest BCUT2D eigenvalue weighted by molar-refractivity contribution is 5.82. The first kappa shape index (κ1) is 36.0. The van der Waals surface area contributed by atoms with Crippen LogP contribution >= 0.6 is 0 Å². The summed E-state index contributed by atoms with van der Waals surface area (Å²) in [6.45, 7) is 14.3. The summed E-state index contributed by atoms with van der Waals surface area (Å²) in [5.74, 6) is -0.519. The zero-order chi connectivity index (χ0) is 33.2. The Bertz CT molecular complexity index is 1210. The van der Waals surface area contributed by atoms with Crippen molar-refractivity contribution in [3.63, 3.8) is 0 Å². The van der Waals surface area contributed by atoms with Crippen molar-refractivity contribution in [1.82, 2.24) is 16.0 Å². The largest absolute Gasteiger partial charge is 0.444 e. The Labute approximate surface area is 264 Å². The molecule has 0 bridgehead atoms. The van der Waals surface area contributed by atoms with Crippen LogP contribution in [0.1, 0.15) is 65.1 Å². The van der Waals surface area contributed by atoms with E-state index in [2.05, 4.69) is 26.2 Å². The third-order valence-corrected chi connectivity index (χ3v) is 7.11. The maximum absolute atomic E-state index is 14.3. The van der Waals surface area contributed by atoms with Crippen molar-refractivity contribution in [2.24, 2.45) is 5.92 Å². The fourth-order valence-electron chi connectivity index (χ4n) is 4.90. The normalized spacial score (nSPS) is 16.1. The fourth-order valence-corrected chi connectivity index (χ4v) is 4.90. The van der Waals surface area contributed by atoms with E-state index in [1.54, 1.807) is 20.8 Å². The number of alkyl halides is 3. The number of hydrogen-bond acceptors (Lipinski definition) is 7. The minimum absolute atomic E-state index is 0.0261. The first-order valence-corrected chi connectivity index (χ1v) is 15.5. The summed E-state index contributed by atoms with van der Waals surface area (Å²) < 4.78 is 53.5. The number of halogens is 3. The van der Waals surface area contributed by atoms with Gasteiger partial charge in [0.05, 0.1) is 19.3 Å². The van der Waals surface area contributed by atoms with Gasteiger partial charge in [0.15, 0.2) is 0 Å². The zero-order valence-corrected chi connectivity index (χ0v) is 27.1. The number of ether oxygens (including phenoxy) is 2. The molecule has 3 atom stereocenters. The van der Waals surface area contributed by atoms with Gasteiger partial charge in [0.25, 0.3) is 0 Å². The molecule has 2 amide bonds. The summed E-state index contributed by atoms with van der Waals surface area (Å²) in [6, 6.07) is 10.3. The van der Waals surface area contributed by atoms with Crippen LogP contribution in [0.2, 0.25) is 0 Å². The summed E-state index contributed by atoms with van der Waals surface area (Å²) in [6.07, 6.45) is -5.04. The second-order valence-electron chi connectivity index (χ2n) is 12.9. The quantitative estimate of drug-likeness (QED) is 0.222. The number of nitrogens with zero attached hydrogens (tertiary/aromatic N) is 1. The first-order chi connectivity index (χ1) is 21.1. The van der Waals surface area contributed by atoms with E-state index < -0.39 is 35.9 Å². The van der Waals surface area contributed by atoms with Gasteiger partial charge in [-0.2, -0.15) is 13.2 Å². The van der Waals surface area contributed by atoms with Gasteiger partial charge in [-0.1, -0.05) is 38.1 Å². The van der Waals surface area contributed by atoms with Crippen LogP contribution in [0.5, 0.6) is 0 Å². The lowest BCUT2D eigenvalue weighted by Gasteiger charge is -2.29. The summed E-state index contributed by atoms with van der Waals surface area (Å²) in [7, 11) is 0. The lowest BCUT2D eigenvalue weighted by molar-refractivity contribution is -0.161. The van der Waals surface area contributed by atoms with Crippen molar-refractivity contribution in [2.45, 2.75) is 84.4 Å². The van der Waals surface area contributed by atoms with Gasteiger partial charge < -0.3 is 30.3 Å². The van der Waals surface area contributed by atoms with Gasteiger partial charge in [0, 0.05) is 43.6 Å². The van der Waals surface area contributed by atoms with Gasteiger partial charge in [0.2, 0.25) is 5.91 Å². The van der Waals surface area contributed by atoms with E-state index in [1.807, 2.05) is 45.0 Å². The van der Waals surface area contributed by atoms with Gasteiger partial charge in [-0.25, -0.2) is 4.79 Å². The maximum atomic E-state index is 14.3. The van der Waals surface area contributed by atoms with E-state index in [9.17, 15) is 22.8 Å². The number of amides is 2. The smallest absolute Gasteiger partial charge is 0.407 e. The molecule has 1 saturated heterocycles. The molecule has 0 saturated carbocycles. The fraction of sp³-hybridized carbons (Fsp3) is 0.576. The lowest BCUT2D eigenvalue weighted by atomic mass is 9.98. The van der Waals surface area contributed by atoms with Crippen molar-refractivity contribution >= 4 is 23.4 Å². The number of benzene rings is 2. The maximum Gasteiger partial charge on any atom is 0.407 e. The Hall–Kier alpha value is -3.51. The van der Waals surface area contributed by atoms with Crippen LogP contribution < -0.4 is 26.2 Å². The Balaban J connectivity index is 1.60. The van der Waals surface area contributed by atoms with E-state index >= 15 is 0 Å². The highest BCUT2D eigenvalue weighted by atomic mass is 19.4. The molecule has 0 aliphatic carbocycles. The molecule has 4 N–H and O–H groups in total. The highest BCUT2D eigenvalue weighted by Crippen LogP contribution is 2.34. The standard InChI is InChI=1S/C33H48F3N5O4/c1-22(2)19-28(30(42)39-23(3)20-37-26-11-13-27(14-12-26)41-15-17-44-18-16-41)40-29(33(34,35)36)25-9-7-24(8-10-25)21-38-31(43)45-32(4,5)6/h7-14,22-23,28-29,37,40H,15-21H2,1-6H3,(H,38,43)(H,39,42)/t23-,28-,29-/m0/s1. The number of nitrogens with one attached hydrogen (secondary N) is 4. The van der Waals surface area contributed by atoms with Gasteiger partial charge in [-0.3, -0.25) is 10.1 Å². The molecule has 1 aliphatic heterocycles. The second-order valence-corrected chi connectivity index (χ2v) is 12.9. The predicted molar refractivity (Wildman–Crippen MR) is 170 cm³/mol. The van der Waals surface area contributed by atoms with Crippen LogP contribution in [0.15, 0.2) is 48.5 Å². The predicted octanol–water partition coefficient (Wildman–Crippen LogP) is 5.77. The Morgan fingerprint density at radius 2 is 1.58 bits per heavy atom. The van der Waals surface area contributed by atoms with Gasteiger partial charge >= 0.3 is 12.3 Å². The average molecular weight is 636 g/mol. The van der Waals surface area contributed by atoms with E-state index in [4.69, 9.17) is 9.47 Å². The Kier molecular flexibility index (Phi) is 12.9. The molecule has 1 heterocycles. The number of carbonyl (C=O) groups is 2. The van der Waals surface area contributed by atoms with Crippen LogP contribution in [0.4, 0.5) is 29.3 Å². The molecule has 250 valence electrons. The van der Waals surface area contributed by atoms with Crippen molar-refractivity contribution < 1.29 is 32.2 Å². The van der Waals surface area contributed by atoms with E-state index in [1.165, 1.54) is 24.3 Å². The van der Waals surface area contributed by atoms with Crippen molar-refractivity contribution in [3.05, 3.63) is 59.7 Å². The molecule has 45 heavy (non-hydrogen) atoms. The summed E-state index contributed by atoms with van der Waals surface area (Å²) in [5, 5.41) is 11.4. The number of hydrogen-bond donors (Lipinski definition) is 4. The summed E-state index contributed by atoms with van der Waals surface area (Å²) in [4.78, 5) is 27.5. The average Bonchev–Trinajstić information content (AvgIpc) is 2.96. The second kappa shape index (κ2) is 16.2. The third kappa shape index (κ3) is 12.4. The number of carbonyl (C=O) groups excluding carboxylic acids is 2. The van der Waals surface area contributed by atoms with Crippen LogP contribution in [-0.4, -0.2) is 68.7 Å². The topological polar surface area (TPSA) is 104 Å². The molecule has 1 fully saturated rings. The number of anilines is 2. The van der Waals surface area contributed by atoms with Crippen molar-refractivity contribution in [3.8, 4) is 0 Å². The Morgan fingerprint density at radius 3 is 2.13 bits per heavy atom. The number of alkyl carbamates (subject to hydrolysis) is 1. The van der Waals surface area contributed by atoms with Crippen LogP contribution in [0, 0.1) is 5.92 Å². The molecular formula is C33H48F3N5O4. The third-order valence-electron chi connectivity index (χ3n) is 7.11. The molecule has 2 aromatic rings. The SMILES string of the molecule is CC(C)C[C@H](N[C@@H](c1ccc(CNC(=O)OC(C)(C)C)cc1)C(F)(F)F)C(=O)N[C@@H](C)CNc1ccc(N2CCOCC2)cc1. The molecule has 1 aliphatic rings. The molecule has 0 aromatic heterocycles. The Morgan fingerprint density at radius 1 is 0.956 bits per heavy atom. The minimum atomic E-state index is -4.65. The van der Waals surface area contributed by atoms with E-state index in [-0.39, 0.29) is 30.5 Å². The number of rotatable bonds is 13. The van der Waals surface area contributed by atoms with Gasteiger partial charge in [-0.15, -0.1) is 0 Å². The van der Waals surface area contributed by atoms with E-state index in [0.717, 1.165) is 24.5 Å². The molecule has 2 aromatic carbocycles. The first-order valence-electron chi connectivity index (χ1n) is 15.5. The molecule has 0 radical (unpaired) electrons. The molecule has 0 spiro atoms. The summed E-state index contributed by atoms with van der Waals surface area (Å²) >= 11 is 0. The van der Waals surface area contributed by atoms with Gasteiger partial charge in [0.1, 0.15) is 11.6 Å². The van der Waals surface area contributed by atoms with Crippen LogP contribution in [0.3, 0.4) is 0 Å². The number of morpholine rings is 1. The molecule has 3 rings (SSSR count). The lowest BCUT2D eigenvalue weighted by Crippen LogP contribution is -2.52. The molecular weight excluding hydrogens is 587 g/mol.